The summed E-state index contributed by atoms with van der Waals surface area (Å²) in [4.78, 5) is 4.49. The number of anilines is 2. The van der Waals surface area contributed by atoms with Crippen LogP contribution in [0.1, 0.15) is 58.4 Å². The van der Waals surface area contributed by atoms with Crippen molar-refractivity contribution < 1.29 is 0 Å². The van der Waals surface area contributed by atoms with Gasteiger partial charge in [-0.3, -0.25) is 4.98 Å². The molecule has 4 aromatic rings. The lowest BCUT2D eigenvalue weighted by Crippen LogP contribution is -2.38. The molecule has 0 amide bonds. The largest absolute Gasteiger partial charge is 0.383 e. The number of benzene rings is 2. The molecular weight excluding hydrogens is 516 g/mol. The molecule has 0 bridgehead atoms. The molecule has 4 rings (SSSR count). The quantitative estimate of drug-likeness (QED) is 0.281. The summed E-state index contributed by atoms with van der Waals surface area (Å²) in [6.45, 7) is 13.3. The Balaban J connectivity index is 1.89. The average Bonchev–Trinajstić information content (AvgIpc) is 3.34. The second-order valence-electron chi connectivity index (χ2n) is 11.9. The van der Waals surface area contributed by atoms with Crippen LogP contribution in [0.25, 0.3) is 10.9 Å². The van der Waals surface area contributed by atoms with Crippen LogP contribution in [-0.4, -0.2) is 34.4 Å². The van der Waals surface area contributed by atoms with E-state index in [1.54, 1.807) is 6.20 Å². The van der Waals surface area contributed by atoms with E-state index in [-0.39, 0.29) is 11.0 Å². The van der Waals surface area contributed by atoms with Crippen molar-refractivity contribution in [3.8, 4) is 6.07 Å². The minimum Gasteiger partial charge on any atom is -0.383 e. The van der Waals surface area contributed by atoms with Gasteiger partial charge in [0.05, 0.1) is 39.0 Å². The van der Waals surface area contributed by atoms with Crippen molar-refractivity contribution in [2.45, 2.75) is 52.5 Å². The fourth-order valence-corrected chi connectivity index (χ4v) is 4.80. The average molecular weight is 548 g/mol. The molecule has 38 heavy (non-hydrogen) atoms. The van der Waals surface area contributed by atoms with E-state index in [1.807, 2.05) is 55.1 Å². The molecule has 1 unspecified atom stereocenters. The zero-order valence-corrected chi connectivity index (χ0v) is 24.3. The standard InChI is InChI=1S/C28H32BCl2N7/c1-26(2,3)16-34-24-17(13-32)14-33-25-19(24)11-18(12-22(25)31)35-28(29,20-9-7-8-10-21(20)30)23-15-38(37-36-23)27(4,5)6/h7-12,14-15,35H,16,29H2,1-6H3,(H,33,34). The summed E-state index contributed by atoms with van der Waals surface area (Å²) in [5.41, 5.74) is 2.96. The van der Waals surface area contributed by atoms with Crippen LogP contribution < -0.4 is 10.6 Å². The highest BCUT2D eigenvalue weighted by atomic mass is 35.5. The summed E-state index contributed by atoms with van der Waals surface area (Å²) in [6, 6.07) is 13.7. The molecule has 2 N–H and O–H groups in total. The fourth-order valence-electron chi connectivity index (χ4n) is 4.21. The predicted octanol–water partition coefficient (Wildman–Crippen LogP) is 6.16. The van der Waals surface area contributed by atoms with Crippen molar-refractivity contribution in [3.63, 3.8) is 0 Å². The Hall–Kier alpha value is -3.28. The van der Waals surface area contributed by atoms with Gasteiger partial charge in [-0.05, 0) is 49.9 Å². The molecule has 0 saturated carbocycles. The Kier molecular flexibility index (Phi) is 7.39. The number of rotatable bonds is 6. The molecular formula is C28H32BCl2N7. The Labute approximate surface area is 235 Å². The Bertz CT molecular complexity index is 1530. The normalized spacial score (nSPS) is 13.7. The summed E-state index contributed by atoms with van der Waals surface area (Å²) in [6.07, 6.45) is 3.50. The van der Waals surface area contributed by atoms with Crippen LogP contribution in [0.5, 0.6) is 0 Å². The first-order valence-electron chi connectivity index (χ1n) is 12.5. The molecule has 7 nitrogen and oxygen atoms in total. The molecule has 2 aromatic heterocycles. The summed E-state index contributed by atoms with van der Waals surface area (Å²) >= 11 is 13.5. The molecule has 0 aliphatic rings. The van der Waals surface area contributed by atoms with Crippen LogP contribution in [-0.2, 0) is 11.0 Å². The Morgan fingerprint density at radius 1 is 1.05 bits per heavy atom. The SMILES string of the molecule is BC(Nc1cc(Cl)c2ncc(C#N)c(NCC(C)(C)C)c2c1)(c1cn(C(C)(C)C)nn1)c1ccccc1Cl. The molecule has 0 fully saturated rings. The molecule has 2 heterocycles. The van der Waals surface area contributed by atoms with Gasteiger partial charge in [0.2, 0.25) is 0 Å². The number of fused-ring (bicyclic) bond motifs is 1. The minimum absolute atomic E-state index is 0.00346. The van der Waals surface area contributed by atoms with Gasteiger partial charge in [-0.2, -0.15) is 5.26 Å². The smallest absolute Gasteiger partial charge is 0.148 e. The third kappa shape index (κ3) is 5.60. The van der Waals surface area contributed by atoms with Crippen LogP contribution in [0.2, 0.25) is 10.0 Å². The highest BCUT2D eigenvalue weighted by Crippen LogP contribution is 2.38. The molecule has 0 saturated heterocycles. The third-order valence-electron chi connectivity index (χ3n) is 6.34. The maximum Gasteiger partial charge on any atom is 0.148 e. The van der Waals surface area contributed by atoms with Gasteiger partial charge in [0, 0.05) is 28.8 Å². The molecule has 0 spiro atoms. The molecule has 10 heteroatoms. The van der Waals surface area contributed by atoms with Gasteiger partial charge in [-0.25, -0.2) is 4.68 Å². The van der Waals surface area contributed by atoms with E-state index in [4.69, 9.17) is 23.2 Å². The van der Waals surface area contributed by atoms with Crippen LogP contribution in [0.3, 0.4) is 0 Å². The Morgan fingerprint density at radius 3 is 2.37 bits per heavy atom. The van der Waals surface area contributed by atoms with Gasteiger partial charge in [-0.1, -0.05) is 67.4 Å². The van der Waals surface area contributed by atoms with Gasteiger partial charge >= 0.3 is 0 Å². The number of pyridine rings is 1. The van der Waals surface area contributed by atoms with Crippen molar-refractivity contribution in [2.24, 2.45) is 5.41 Å². The van der Waals surface area contributed by atoms with Crippen molar-refractivity contribution in [2.75, 3.05) is 17.2 Å². The number of aromatic nitrogens is 4. The zero-order chi connectivity index (χ0) is 27.9. The molecule has 1 atom stereocenters. The van der Waals surface area contributed by atoms with Gasteiger partial charge in [0.1, 0.15) is 19.6 Å². The lowest BCUT2D eigenvalue weighted by Gasteiger charge is -2.32. The molecule has 2 aromatic carbocycles. The summed E-state index contributed by atoms with van der Waals surface area (Å²) < 4.78 is 1.84. The minimum atomic E-state index is -0.849. The number of nitrogens with one attached hydrogen (secondary N) is 2. The lowest BCUT2D eigenvalue weighted by atomic mass is 9.69. The van der Waals surface area contributed by atoms with Crippen LogP contribution >= 0.6 is 23.2 Å². The monoisotopic (exact) mass is 547 g/mol. The van der Waals surface area contributed by atoms with E-state index in [1.165, 1.54) is 0 Å². The first-order valence-corrected chi connectivity index (χ1v) is 13.2. The van der Waals surface area contributed by atoms with Crippen molar-refractivity contribution in [3.05, 3.63) is 75.7 Å². The summed E-state index contributed by atoms with van der Waals surface area (Å²) in [5, 5.41) is 27.7. The number of halogens is 2. The topological polar surface area (TPSA) is 91.5 Å². The van der Waals surface area contributed by atoms with E-state index in [0.717, 1.165) is 16.6 Å². The van der Waals surface area contributed by atoms with Crippen LogP contribution in [0.4, 0.5) is 11.4 Å². The maximum atomic E-state index is 9.82. The van der Waals surface area contributed by atoms with Crippen LogP contribution in [0.15, 0.2) is 48.8 Å². The first kappa shape index (κ1) is 27.8. The number of hydrogen-bond acceptors (Lipinski definition) is 6. The highest BCUT2D eigenvalue weighted by molar-refractivity contribution is 6.36. The maximum absolute atomic E-state index is 9.82. The zero-order valence-electron chi connectivity index (χ0n) is 22.8. The molecule has 0 aliphatic heterocycles. The Morgan fingerprint density at radius 2 is 1.76 bits per heavy atom. The molecule has 0 aliphatic carbocycles. The van der Waals surface area contributed by atoms with E-state index in [2.05, 4.69) is 73.5 Å². The predicted molar refractivity (Wildman–Crippen MR) is 159 cm³/mol. The second-order valence-corrected chi connectivity index (χ2v) is 12.7. The van der Waals surface area contributed by atoms with Crippen molar-refractivity contribution >= 4 is 53.3 Å². The summed E-state index contributed by atoms with van der Waals surface area (Å²) in [5.74, 6) is 0. The van der Waals surface area contributed by atoms with Gasteiger partial charge in [0.15, 0.2) is 0 Å². The van der Waals surface area contributed by atoms with Gasteiger partial charge in [-0.15, -0.1) is 5.10 Å². The highest BCUT2D eigenvalue weighted by Gasteiger charge is 2.35. The van der Waals surface area contributed by atoms with E-state index < -0.39 is 5.44 Å². The molecule has 196 valence electrons. The molecule has 0 radical (unpaired) electrons. The van der Waals surface area contributed by atoms with E-state index in [9.17, 15) is 5.26 Å². The van der Waals surface area contributed by atoms with E-state index in [0.29, 0.717) is 39.1 Å². The van der Waals surface area contributed by atoms with E-state index >= 15 is 0 Å². The van der Waals surface area contributed by atoms with Crippen LogP contribution in [0, 0.1) is 16.7 Å². The van der Waals surface area contributed by atoms with Crippen molar-refractivity contribution in [1.29, 1.82) is 5.26 Å². The van der Waals surface area contributed by atoms with Crippen molar-refractivity contribution in [1.82, 2.24) is 20.0 Å². The van der Waals surface area contributed by atoms with Gasteiger partial charge in [0.25, 0.3) is 0 Å². The van der Waals surface area contributed by atoms with Gasteiger partial charge < -0.3 is 10.6 Å². The number of nitrogens with zero attached hydrogens (tertiary/aromatic N) is 5. The number of nitriles is 1. The lowest BCUT2D eigenvalue weighted by molar-refractivity contribution is 0.347. The second kappa shape index (κ2) is 10.1. The third-order valence-corrected chi connectivity index (χ3v) is 6.96. The summed E-state index contributed by atoms with van der Waals surface area (Å²) in [7, 11) is 2.02. The number of hydrogen-bond donors (Lipinski definition) is 2. The first-order chi connectivity index (χ1) is 17.7. The fraction of sp³-hybridized carbons (Fsp3) is 0.357.